The number of aromatic nitrogens is 4. The second kappa shape index (κ2) is 11.9. The van der Waals surface area contributed by atoms with Crippen LogP contribution in [0.15, 0.2) is 18.2 Å². The summed E-state index contributed by atoms with van der Waals surface area (Å²) in [6, 6.07) is 5.69. The second-order valence-corrected chi connectivity index (χ2v) is 14.8. The lowest BCUT2D eigenvalue weighted by Crippen LogP contribution is -2.50. The van der Waals surface area contributed by atoms with Crippen molar-refractivity contribution < 1.29 is 18.3 Å². The Balaban J connectivity index is 1.20. The number of carbonyl (C=O) groups is 1. The topological polar surface area (TPSA) is 82.9 Å². The molecule has 6 heterocycles. The van der Waals surface area contributed by atoms with Crippen LogP contribution in [0.4, 0.5) is 14.6 Å². The van der Waals surface area contributed by atoms with Crippen LogP contribution >= 0.6 is 11.6 Å². The van der Waals surface area contributed by atoms with E-state index in [0.717, 1.165) is 79.1 Å². The highest BCUT2D eigenvalue weighted by Gasteiger charge is 2.51. The molecule has 4 aliphatic heterocycles. The normalized spacial score (nSPS) is 26.7. The molecular weight excluding hydrogens is 638 g/mol. The van der Waals surface area contributed by atoms with E-state index in [0.29, 0.717) is 57.2 Å². The highest BCUT2D eigenvalue weighted by molar-refractivity contribution is 6.34. The molecule has 3 atom stereocenters. The number of halogens is 3. The van der Waals surface area contributed by atoms with Crippen molar-refractivity contribution in [2.75, 3.05) is 51.8 Å². The van der Waals surface area contributed by atoms with Gasteiger partial charge in [0.25, 0.3) is 5.91 Å². The van der Waals surface area contributed by atoms with Crippen molar-refractivity contribution in [3.05, 3.63) is 62.8 Å². The van der Waals surface area contributed by atoms with Crippen LogP contribution in [0.5, 0.6) is 6.01 Å². The van der Waals surface area contributed by atoms with Crippen molar-refractivity contribution in [3.63, 3.8) is 0 Å². The summed E-state index contributed by atoms with van der Waals surface area (Å²) >= 11 is 6.86. The van der Waals surface area contributed by atoms with Crippen LogP contribution in [-0.4, -0.2) is 98.9 Å². The van der Waals surface area contributed by atoms with E-state index in [4.69, 9.17) is 26.3 Å². The van der Waals surface area contributed by atoms with E-state index < -0.39 is 11.7 Å². The Morgan fingerprint density at radius 2 is 2.00 bits per heavy atom. The number of hydrogen-bond acceptors (Lipinski definition) is 8. The largest absolute Gasteiger partial charge is 0.461 e. The molecule has 0 bridgehead atoms. The highest BCUT2D eigenvalue weighted by Crippen LogP contribution is 2.50. The maximum atomic E-state index is 15.7. The fourth-order valence-electron chi connectivity index (χ4n) is 9.19. The lowest BCUT2D eigenvalue weighted by Gasteiger charge is -2.46. The third-order valence-electron chi connectivity index (χ3n) is 11.5. The van der Waals surface area contributed by atoms with Gasteiger partial charge in [0.15, 0.2) is 5.69 Å². The molecule has 0 saturated carbocycles. The molecule has 256 valence electrons. The van der Waals surface area contributed by atoms with Gasteiger partial charge in [-0.3, -0.25) is 19.3 Å². The van der Waals surface area contributed by atoms with Crippen molar-refractivity contribution in [1.82, 2.24) is 34.4 Å². The molecule has 1 aromatic carbocycles. The highest BCUT2D eigenvalue weighted by atomic mass is 35.5. The zero-order valence-corrected chi connectivity index (χ0v) is 28.7. The number of alkyl halides is 1. The summed E-state index contributed by atoms with van der Waals surface area (Å²) in [7, 11) is 3.38. The van der Waals surface area contributed by atoms with Crippen molar-refractivity contribution >= 4 is 23.3 Å². The van der Waals surface area contributed by atoms with Gasteiger partial charge in [0, 0.05) is 64.2 Å². The lowest BCUT2D eigenvalue weighted by molar-refractivity contribution is 0.0639. The summed E-state index contributed by atoms with van der Waals surface area (Å²) in [5, 5.41) is 4.96. The smallest absolute Gasteiger partial charge is 0.318 e. The number of hydrogen-bond donors (Lipinski definition) is 0. The SMILES string of the molecule is CCN1Cc2c(nc(OC[C@@]34CCCN3CC(F)C4)nc2N2CCCn3nc(C(=O)N(C)C)c(Cl)c3C2)C[C@]12CCc1cccc(F)c12. The quantitative estimate of drug-likeness (QED) is 0.369. The molecule has 1 amide bonds. The second-order valence-electron chi connectivity index (χ2n) is 14.4. The van der Waals surface area contributed by atoms with Gasteiger partial charge in [-0.05, 0) is 56.8 Å². The summed E-state index contributed by atoms with van der Waals surface area (Å²) < 4.78 is 38.6. The van der Waals surface area contributed by atoms with Crippen LogP contribution in [0.25, 0.3) is 0 Å². The minimum absolute atomic E-state index is 0.168. The number of ether oxygens (including phenoxy) is 1. The van der Waals surface area contributed by atoms with Gasteiger partial charge in [-0.25, -0.2) is 8.78 Å². The first-order valence-electron chi connectivity index (χ1n) is 17.3. The molecule has 3 aromatic rings. The van der Waals surface area contributed by atoms with Gasteiger partial charge < -0.3 is 14.5 Å². The first-order chi connectivity index (χ1) is 23.1. The maximum absolute atomic E-state index is 15.7. The summed E-state index contributed by atoms with van der Waals surface area (Å²) in [5.41, 5.74) is 3.86. The van der Waals surface area contributed by atoms with E-state index in [1.165, 1.54) is 4.90 Å². The molecule has 10 nitrogen and oxygen atoms in total. The molecule has 5 aliphatic rings. The summed E-state index contributed by atoms with van der Waals surface area (Å²) in [6.07, 6.45) is 4.43. The van der Waals surface area contributed by atoms with Crippen LogP contribution in [0.3, 0.4) is 0 Å². The van der Waals surface area contributed by atoms with E-state index >= 15 is 4.39 Å². The predicted octanol–water partition coefficient (Wildman–Crippen LogP) is 4.75. The van der Waals surface area contributed by atoms with Crippen molar-refractivity contribution in [2.24, 2.45) is 0 Å². The molecule has 0 N–H and O–H groups in total. The molecule has 1 unspecified atom stereocenters. The lowest BCUT2D eigenvalue weighted by atomic mass is 9.80. The number of fused-ring (bicyclic) bond motifs is 5. The first kappa shape index (κ1) is 31.9. The summed E-state index contributed by atoms with van der Waals surface area (Å²) in [5.74, 6) is 0.355. The van der Waals surface area contributed by atoms with Crippen LogP contribution < -0.4 is 9.64 Å². The van der Waals surface area contributed by atoms with Gasteiger partial charge in [-0.15, -0.1) is 0 Å². The predicted molar refractivity (Wildman–Crippen MR) is 178 cm³/mol. The van der Waals surface area contributed by atoms with Gasteiger partial charge in [0.05, 0.1) is 34.0 Å². The average molecular weight is 681 g/mol. The van der Waals surface area contributed by atoms with Crippen LogP contribution in [0, 0.1) is 5.82 Å². The van der Waals surface area contributed by atoms with Gasteiger partial charge >= 0.3 is 6.01 Å². The third-order valence-corrected chi connectivity index (χ3v) is 11.9. The number of benzene rings is 1. The number of likely N-dealkylation sites (N-methyl/N-ethyl adjacent to an activating group) is 1. The van der Waals surface area contributed by atoms with Gasteiger partial charge in [0.2, 0.25) is 0 Å². The molecule has 48 heavy (non-hydrogen) atoms. The van der Waals surface area contributed by atoms with E-state index in [9.17, 15) is 9.18 Å². The Labute approximate surface area is 285 Å². The molecule has 2 fully saturated rings. The fourth-order valence-corrected chi connectivity index (χ4v) is 9.47. The number of nitrogens with zero attached hydrogens (tertiary/aromatic N) is 8. The van der Waals surface area contributed by atoms with Crippen LogP contribution in [0.2, 0.25) is 5.02 Å². The van der Waals surface area contributed by atoms with Crippen molar-refractivity contribution in [1.29, 1.82) is 0 Å². The molecular formula is C35H43ClF2N8O2. The molecule has 8 rings (SSSR count). The molecule has 0 radical (unpaired) electrons. The minimum Gasteiger partial charge on any atom is -0.461 e. The summed E-state index contributed by atoms with van der Waals surface area (Å²) in [4.78, 5) is 31.4. The number of anilines is 1. The fraction of sp³-hybridized carbons (Fsp3) is 0.600. The zero-order chi connectivity index (χ0) is 33.4. The Kier molecular flexibility index (Phi) is 7.91. The molecule has 13 heteroatoms. The van der Waals surface area contributed by atoms with E-state index in [1.54, 1.807) is 26.2 Å². The van der Waals surface area contributed by atoms with Crippen molar-refractivity contribution in [3.8, 4) is 6.01 Å². The van der Waals surface area contributed by atoms with E-state index in [2.05, 4.69) is 26.7 Å². The molecule has 1 spiro atoms. The van der Waals surface area contributed by atoms with Crippen molar-refractivity contribution in [2.45, 2.75) is 88.8 Å². The zero-order valence-electron chi connectivity index (χ0n) is 27.9. The van der Waals surface area contributed by atoms with Gasteiger partial charge in [-0.2, -0.15) is 15.1 Å². The maximum Gasteiger partial charge on any atom is 0.318 e. The Hall–Kier alpha value is -3.35. The van der Waals surface area contributed by atoms with Crippen LogP contribution in [0.1, 0.15) is 77.6 Å². The van der Waals surface area contributed by atoms with E-state index in [1.807, 2.05) is 10.7 Å². The number of aryl methyl sites for hydroxylation is 2. The average Bonchev–Trinajstić information content (AvgIpc) is 3.75. The van der Waals surface area contributed by atoms with Crippen LogP contribution in [-0.2, 0) is 38.0 Å². The number of rotatable bonds is 6. The standard InChI is InChI=1S/C35H43ClF2N8O2/c1-4-44-19-24-26(17-35(44)12-10-22-8-5-9-25(38)28(22)35)39-33(48-21-34-11-6-14-45(34)18-23(37)16-34)40-31(24)43-13-7-15-46-27(20-43)29(36)30(41-46)32(47)42(2)3/h5,8-9,23H,4,6-7,10-21H2,1-3H3/t23?,34-,35-/m0/s1. The van der Waals surface area contributed by atoms with E-state index in [-0.39, 0.29) is 29.0 Å². The number of amides is 1. The first-order valence-corrected chi connectivity index (χ1v) is 17.7. The Bertz CT molecular complexity index is 1770. The summed E-state index contributed by atoms with van der Waals surface area (Å²) in [6.45, 7) is 6.79. The molecule has 2 aromatic heterocycles. The monoisotopic (exact) mass is 680 g/mol. The third kappa shape index (κ3) is 5.00. The number of carbonyl (C=O) groups excluding carboxylic acids is 1. The van der Waals surface area contributed by atoms with Gasteiger partial charge in [-0.1, -0.05) is 30.7 Å². The Morgan fingerprint density at radius 1 is 1.15 bits per heavy atom. The molecule has 2 saturated heterocycles. The van der Waals surface area contributed by atoms with Gasteiger partial charge in [0.1, 0.15) is 24.4 Å². The Morgan fingerprint density at radius 3 is 2.81 bits per heavy atom. The minimum atomic E-state index is -0.859. The molecule has 1 aliphatic carbocycles.